The Labute approximate surface area is 122 Å². The molecule has 1 heterocycles. The zero-order valence-electron chi connectivity index (χ0n) is 10.3. The molecule has 1 aromatic carbocycles. The lowest BCUT2D eigenvalue weighted by Gasteiger charge is -2.15. The normalized spacial score (nSPS) is 12.4. The minimum absolute atomic E-state index is 0.108. The van der Waals surface area contributed by atoms with E-state index in [0.29, 0.717) is 28.6 Å². The topological polar surface area (TPSA) is 64.9 Å². The molecular formula is C14H15Cl2N3. The Morgan fingerprint density at radius 3 is 2.42 bits per heavy atom. The SMILES string of the molecule is Nc1ccncc1CC(N)Cc1c(Cl)cccc1Cl. The molecule has 0 spiro atoms. The second-order valence-corrected chi connectivity index (χ2v) is 5.26. The quantitative estimate of drug-likeness (QED) is 0.911. The zero-order chi connectivity index (χ0) is 13.8. The van der Waals surface area contributed by atoms with Crippen molar-refractivity contribution in [3.8, 4) is 0 Å². The van der Waals surface area contributed by atoms with Crippen molar-refractivity contribution in [3.63, 3.8) is 0 Å². The van der Waals surface area contributed by atoms with Crippen molar-refractivity contribution in [1.82, 2.24) is 4.98 Å². The Kier molecular flexibility index (Phi) is 4.64. The van der Waals surface area contributed by atoms with Gasteiger partial charge in [0.1, 0.15) is 0 Å². The Morgan fingerprint density at radius 2 is 1.79 bits per heavy atom. The van der Waals surface area contributed by atoms with Gasteiger partial charge in [0.2, 0.25) is 0 Å². The molecule has 0 amide bonds. The molecule has 3 nitrogen and oxygen atoms in total. The summed E-state index contributed by atoms with van der Waals surface area (Å²) in [5.41, 5.74) is 14.5. The number of nitrogen functional groups attached to an aromatic ring is 1. The second kappa shape index (κ2) is 6.24. The number of halogens is 2. The van der Waals surface area contributed by atoms with Crippen molar-refractivity contribution in [1.29, 1.82) is 0 Å². The molecule has 0 saturated carbocycles. The molecule has 2 aromatic rings. The molecule has 0 radical (unpaired) electrons. The van der Waals surface area contributed by atoms with Crippen molar-refractivity contribution < 1.29 is 0 Å². The van der Waals surface area contributed by atoms with Crippen LogP contribution < -0.4 is 11.5 Å². The van der Waals surface area contributed by atoms with Crippen molar-refractivity contribution in [2.24, 2.45) is 5.73 Å². The first kappa shape index (κ1) is 14.1. The van der Waals surface area contributed by atoms with Gasteiger partial charge in [-0.15, -0.1) is 0 Å². The van der Waals surface area contributed by atoms with Crippen molar-refractivity contribution in [2.45, 2.75) is 18.9 Å². The van der Waals surface area contributed by atoms with Crippen molar-refractivity contribution in [3.05, 3.63) is 57.8 Å². The van der Waals surface area contributed by atoms with Crippen LogP contribution in [0.2, 0.25) is 10.0 Å². The van der Waals surface area contributed by atoms with E-state index in [1.807, 2.05) is 18.2 Å². The van der Waals surface area contributed by atoms with Crippen LogP contribution in [0.4, 0.5) is 5.69 Å². The number of nitrogens with zero attached hydrogens (tertiary/aromatic N) is 1. The minimum Gasteiger partial charge on any atom is -0.398 e. The number of hydrogen-bond acceptors (Lipinski definition) is 3. The van der Waals surface area contributed by atoms with Gasteiger partial charge in [-0.3, -0.25) is 4.98 Å². The van der Waals surface area contributed by atoms with Gasteiger partial charge in [-0.25, -0.2) is 0 Å². The average Bonchev–Trinajstić information content (AvgIpc) is 2.37. The lowest BCUT2D eigenvalue weighted by Crippen LogP contribution is -2.26. The molecule has 1 unspecified atom stereocenters. The molecule has 0 fully saturated rings. The molecule has 5 heteroatoms. The summed E-state index contributed by atoms with van der Waals surface area (Å²) >= 11 is 12.3. The zero-order valence-corrected chi connectivity index (χ0v) is 11.8. The summed E-state index contributed by atoms with van der Waals surface area (Å²) < 4.78 is 0. The summed E-state index contributed by atoms with van der Waals surface area (Å²) in [5, 5.41) is 1.28. The monoisotopic (exact) mass is 295 g/mol. The Balaban J connectivity index is 2.10. The van der Waals surface area contributed by atoms with Crippen LogP contribution in [-0.4, -0.2) is 11.0 Å². The number of hydrogen-bond donors (Lipinski definition) is 2. The maximum absolute atomic E-state index is 6.14. The summed E-state index contributed by atoms with van der Waals surface area (Å²) in [6.45, 7) is 0. The summed E-state index contributed by atoms with van der Waals surface area (Å²) in [5.74, 6) is 0. The van der Waals surface area contributed by atoms with Crippen molar-refractivity contribution >= 4 is 28.9 Å². The van der Waals surface area contributed by atoms with Crippen LogP contribution in [0.5, 0.6) is 0 Å². The van der Waals surface area contributed by atoms with E-state index >= 15 is 0 Å². The van der Waals surface area contributed by atoms with Crippen LogP contribution >= 0.6 is 23.2 Å². The molecule has 0 bridgehead atoms. The maximum Gasteiger partial charge on any atom is 0.0453 e. The average molecular weight is 296 g/mol. The first-order valence-corrected chi connectivity index (χ1v) is 6.70. The number of aromatic nitrogens is 1. The molecule has 100 valence electrons. The number of rotatable bonds is 4. The first-order valence-electron chi connectivity index (χ1n) is 5.94. The summed E-state index contributed by atoms with van der Waals surface area (Å²) in [7, 11) is 0. The van der Waals surface area contributed by atoms with Crippen LogP contribution in [0.15, 0.2) is 36.7 Å². The van der Waals surface area contributed by atoms with E-state index < -0.39 is 0 Å². The maximum atomic E-state index is 6.14. The van der Waals surface area contributed by atoms with E-state index in [-0.39, 0.29) is 6.04 Å². The number of benzene rings is 1. The predicted molar refractivity (Wildman–Crippen MR) is 80.5 cm³/mol. The van der Waals surface area contributed by atoms with Gasteiger partial charge >= 0.3 is 0 Å². The fraction of sp³-hybridized carbons (Fsp3) is 0.214. The van der Waals surface area contributed by atoms with E-state index in [9.17, 15) is 0 Å². The van der Waals surface area contributed by atoms with Crippen LogP contribution in [0, 0.1) is 0 Å². The standard InChI is InChI=1S/C14H15Cl2N3/c15-12-2-1-3-13(16)11(12)7-10(17)6-9-8-19-5-4-14(9)18/h1-5,8,10H,6-7,17H2,(H2,18,19). The van der Waals surface area contributed by atoms with Gasteiger partial charge in [-0.05, 0) is 42.2 Å². The fourth-order valence-corrected chi connectivity index (χ4v) is 2.50. The molecule has 1 aromatic heterocycles. The third-order valence-electron chi connectivity index (χ3n) is 2.95. The number of anilines is 1. The van der Waals surface area contributed by atoms with E-state index in [1.54, 1.807) is 18.5 Å². The Bertz CT molecular complexity index is 552. The van der Waals surface area contributed by atoms with Crippen LogP contribution in [0.25, 0.3) is 0 Å². The molecule has 0 saturated heterocycles. The molecule has 19 heavy (non-hydrogen) atoms. The smallest absolute Gasteiger partial charge is 0.0453 e. The summed E-state index contributed by atoms with van der Waals surface area (Å²) in [6, 6.07) is 7.11. The molecule has 0 aliphatic carbocycles. The van der Waals surface area contributed by atoms with Gasteiger partial charge in [-0.1, -0.05) is 29.3 Å². The van der Waals surface area contributed by atoms with Gasteiger partial charge in [0, 0.05) is 34.2 Å². The van der Waals surface area contributed by atoms with E-state index in [4.69, 9.17) is 34.7 Å². The van der Waals surface area contributed by atoms with Gasteiger partial charge < -0.3 is 11.5 Å². The predicted octanol–water partition coefficient (Wildman–Crippen LogP) is 3.08. The van der Waals surface area contributed by atoms with Gasteiger partial charge in [-0.2, -0.15) is 0 Å². The second-order valence-electron chi connectivity index (χ2n) is 4.44. The lowest BCUT2D eigenvalue weighted by atomic mass is 10.00. The molecule has 1 atom stereocenters. The van der Waals surface area contributed by atoms with Gasteiger partial charge in [0.25, 0.3) is 0 Å². The Morgan fingerprint density at radius 1 is 1.11 bits per heavy atom. The highest BCUT2D eigenvalue weighted by molar-refractivity contribution is 6.36. The molecular weight excluding hydrogens is 281 g/mol. The summed E-state index contributed by atoms with van der Waals surface area (Å²) in [4.78, 5) is 4.05. The third kappa shape index (κ3) is 3.60. The van der Waals surface area contributed by atoms with Crippen LogP contribution in [0.3, 0.4) is 0 Å². The fourth-order valence-electron chi connectivity index (χ4n) is 1.95. The van der Waals surface area contributed by atoms with E-state index in [2.05, 4.69) is 4.98 Å². The third-order valence-corrected chi connectivity index (χ3v) is 3.66. The van der Waals surface area contributed by atoms with Crippen LogP contribution in [0.1, 0.15) is 11.1 Å². The van der Waals surface area contributed by atoms with Gasteiger partial charge in [0.15, 0.2) is 0 Å². The highest BCUT2D eigenvalue weighted by Gasteiger charge is 2.12. The number of pyridine rings is 1. The highest BCUT2D eigenvalue weighted by Crippen LogP contribution is 2.26. The highest BCUT2D eigenvalue weighted by atomic mass is 35.5. The Hall–Kier alpha value is -1.29. The largest absolute Gasteiger partial charge is 0.398 e. The van der Waals surface area contributed by atoms with Gasteiger partial charge in [0.05, 0.1) is 0 Å². The molecule has 2 rings (SSSR count). The van der Waals surface area contributed by atoms with E-state index in [0.717, 1.165) is 11.1 Å². The first-order chi connectivity index (χ1) is 9.08. The molecule has 4 N–H and O–H groups in total. The lowest BCUT2D eigenvalue weighted by molar-refractivity contribution is 0.664. The van der Waals surface area contributed by atoms with E-state index in [1.165, 1.54) is 0 Å². The van der Waals surface area contributed by atoms with Crippen molar-refractivity contribution in [2.75, 3.05) is 5.73 Å². The molecule has 0 aliphatic rings. The number of nitrogens with two attached hydrogens (primary N) is 2. The minimum atomic E-state index is -0.108. The van der Waals surface area contributed by atoms with Crippen LogP contribution in [-0.2, 0) is 12.8 Å². The molecule has 0 aliphatic heterocycles. The summed E-state index contributed by atoms with van der Waals surface area (Å²) in [6.07, 6.45) is 4.65.